The van der Waals surface area contributed by atoms with Gasteiger partial charge in [-0.2, -0.15) is 0 Å². The number of unbranched alkanes of at least 4 members (excludes halogenated alkanes) is 34. The van der Waals surface area contributed by atoms with Gasteiger partial charge in [0.1, 0.15) is 0 Å². The lowest BCUT2D eigenvalue weighted by molar-refractivity contribution is -0.159. The summed E-state index contributed by atoms with van der Waals surface area (Å²) in [6.07, 6.45) is 58.2. The molecule has 0 amide bonds. The molecule has 0 heterocycles. The van der Waals surface area contributed by atoms with Gasteiger partial charge in [-0.1, -0.05) is 212 Å². The molecule has 0 spiro atoms. The van der Waals surface area contributed by atoms with Crippen LogP contribution in [0.15, 0.2) is 24.3 Å². The second kappa shape index (κ2) is 53.1. The summed E-state index contributed by atoms with van der Waals surface area (Å²) < 4.78 is 4.98. The first-order valence-corrected chi connectivity index (χ1v) is 25.3. The average Bonchev–Trinajstić information content (AvgIpc) is 3.21. The SMILES string of the molecule is CCCCCCCC/C=C\CCCCCCCC(=O)O.CCCCCCCC/C=C\CCCCCCCC(=O)OC(=O)CCCCCCCCCCCCCCCO. The van der Waals surface area contributed by atoms with Crippen LogP contribution in [0, 0.1) is 0 Å². The zero-order valence-corrected chi connectivity index (χ0v) is 38.7. The average molecular weight is 819 g/mol. The molecule has 342 valence electrons. The van der Waals surface area contributed by atoms with Gasteiger partial charge in [-0.05, 0) is 77.0 Å². The molecule has 0 fully saturated rings. The molecule has 0 atom stereocenters. The van der Waals surface area contributed by atoms with E-state index in [4.69, 9.17) is 14.9 Å². The van der Waals surface area contributed by atoms with E-state index in [1.54, 1.807) is 0 Å². The number of aliphatic carboxylic acids is 1. The van der Waals surface area contributed by atoms with Gasteiger partial charge in [0, 0.05) is 25.9 Å². The minimum Gasteiger partial charge on any atom is -0.481 e. The Bertz CT molecular complexity index is 896. The lowest BCUT2D eigenvalue weighted by Gasteiger charge is -2.04. The van der Waals surface area contributed by atoms with Crippen LogP contribution in [-0.2, 0) is 19.1 Å². The molecule has 0 aliphatic heterocycles. The maximum Gasteiger partial charge on any atom is 0.313 e. The fourth-order valence-electron chi connectivity index (χ4n) is 7.24. The van der Waals surface area contributed by atoms with Crippen LogP contribution >= 0.6 is 0 Å². The summed E-state index contributed by atoms with van der Waals surface area (Å²) in [6, 6.07) is 0. The first-order valence-electron chi connectivity index (χ1n) is 25.3. The minimum absolute atomic E-state index is 0.331. The molecule has 2 N–H and O–H groups in total. The molecule has 0 radical (unpaired) electrons. The third-order valence-electron chi connectivity index (χ3n) is 11.1. The molecule has 0 aromatic carbocycles. The monoisotopic (exact) mass is 819 g/mol. The third kappa shape index (κ3) is 56.1. The van der Waals surface area contributed by atoms with Crippen LogP contribution in [0.5, 0.6) is 0 Å². The Morgan fingerprint density at radius 2 is 0.586 bits per heavy atom. The van der Waals surface area contributed by atoms with Gasteiger partial charge in [-0.3, -0.25) is 14.4 Å². The second-order valence-electron chi connectivity index (χ2n) is 17.0. The lowest BCUT2D eigenvalue weighted by atomic mass is 10.0. The van der Waals surface area contributed by atoms with Crippen molar-refractivity contribution in [2.75, 3.05) is 6.61 Å². The van der Waals surface area contributed by atoms with E-state index in [0.717, 1.165) is 64.2 Å². The summed E-state index contributed by atoms with van der Waals surface area (Å²) in [5, 5.41) is 17.3. The van der Waals surface area contributed by atoms with Crippen molar-refractivity contribution in [3.63, 3.8) is 0 Å². The van der Waals surface area contributed by atoms with Crippen molar-refractivity contribution in [3.8, 4) is 0 Å². The number of aliphatic hydroxyl groups excluding tert-OH is 1. The highest BCUT2D eigenvalue weighted by atomic mass is 16.6. The number of allylic oxidation sites excluding steroid dienone is 4. The van der Waals surface area contributed by atoms with Gasteiger partial charge in [0.05, 0.1) is 0 Å². The third-order valence-corrected chi connectivity index (χ3v) is 11.1. The molecule has 0 bridgehead atoms. The number of hydrogen-bond acceptors (Lipinski definition) is 5. The second-order valence-corrected chi connectivity index (χ2v) is 17.0. The Labute approximate surface area is 360 Å². The number of carboxylic acids is 1. The molecule has 0 saturated heterocycles. The van der Waals surface area contributed by atoms with E-state index < -0.39 is 5.97 Å². The van der Waals surface area contributed by atoms with Crippen LogP contribution in [0.25, 0.3) is 0 Å². The van der Waals surface area contributed by atoms with E-state index >= 15 is 0 Å². The molecule has 0 aromatic rings. The number of carbonyl (C=O) groups is 3. The Balaban J connectivity index is 0. The Kier molecular flexibility index (Phi) is 53.2. The molecule has 0 aliphatic rings. The van der Waals surface area contributed by atoms with Gasteiger partial charge >= 0.3 is 17.9 Å². The predicted molar refractivity (Wildman–Crippen MR) is 249 cm³/mol. The summed E-state index contributed by atoms with van der Waals surface area (Å²) >= 11 is 0. The van der Waals surface area contributed by atoms with Gasteiger partial charge in [-0.15, -0.1) is 0 Å². The number of esters is 2. The van der Waals surface area contributed by atoms with Crippen molar-refractivity contribution >= 4 is 17.9 Å². The van der Waals surface area contributed by atoms with Crippen LogP contribution in [0.4, 0.5) is 0 Å². The molecular formula is C52H98O6. The quantitative estimate of drug-likeness (QED) is 0.0275. The van der Waals surface area contributed by atoms with Crippen molar-refractivity contribution in [2.24, 2.45) is 0 Å². The number of ether oxygens (including phenoxy) is 1. The maximum absolute atomic E-state index is 11.9. The molecule has 0 unspecified atom stereocenters. The number of carboxylic acid groups (broad SMARTS) is 1. The fraction of sp³-hybridized carbons (Fsp3) is 0.865. The van der Waals surface area contributed by atoms with Crippen molar-refractivity contribution in [3.05, 3.63) is 24.3 Å². The van der Waals surface area contributed by atoms with Gasteiger partial charge in [-0.25, -0.2) is 0 Å². The number of rotatable bonds is 45. The van der Waals surface area contributed by atoms with Crippen LogP contribution < -0.4 is 0 Å². The van der Waals surface area contributed by atoms with Gasteiger partial charge in [0.2, 0.25) is 0 Å². The number of hydrogen-bond donors (Lipinski definition) is 2. The number of carbonyl (C=O) groups excluding carboxylic acids is 2. The summed E-state index contributed by atoms with van der Waals surface area (Å²) in [6.45, 7) is 4.85. The van der Waals surface area contributed by atoms with Crippen LogP contribution in [-0.4, -0.2) is 34.7 Å². The smallest absolute Gasteiger partial charge is 0.313 e. The number of aliphatic hydroxyl groups is 1. The molecule has 0 rings (SSSR count). The van der Waals surface area contributed by atoms with E-state index in [1.165, 1.54) is 186 Å². The van der Waals surface area contributed by atoms with E-state index in [9.17, 15) is 14.4 Å². The lowest BCUT2D eigenvalue weighted by Crippen LogP contribution is -2.11. The zero-order chi connectivity index (χ0) is 42.7. The largest absolute Gasteiger partial charge is 0.481 e. The van der Waals surface area contributed by atoms with Gasteiger partial charge in [0.25, 0.3) is 0 Å². The topological polar surface area (TPSA) is 101 Å². The first kappa shape index (κ1) is 58.1. The highest BCUT2D eigenvalue weighted by Crippen LogP contribution is 2.15. The maximum atomic E-state index is 11.9. The summed E-state index contributed by atoms with van der Waals surface area (Å²) in [7, 11) is 0. The molecular weight excluding hydrogens is 721 g/mol. The highest BCUT2D eigenvalue weighted by Gasteiger charge is 2.10. The van der Waals surface area contributed by atoms with Crippen molar-refractivity contribution in [1.29, 1.82) is 0 Å². The van der Waals surface area contributed by atoms with E-state index in [2.05, 4.69) is 38.2 Å². The zero-order valence-electron chi connectivity index (χ0n) is 38.7. The highest BCUT2D eigenvalue weighted by molar-refractivity contribution is 5.85. The minimum atomic E-state index is -0.664. The molecule has 6 nitrogen and oxygen atoms in total. The summed E-state index contributed by atoms with van der Waals surface area (Å²) in [5.41, 5.74) is 0. The molecule has 0 aromatic heterocycles. The normalized spacial score (nSPS) is 11.4. The van der Waals surface area contributed by atoms with Crippen molar-refractivity contribution in [2.45, 2.75) is 284 Å². The molecule has 0 saturated carbocycles. The summed E-state index contributed by atoms with van der Waals surface area (Å²) in [5.74, 6) is -1.36. The Morgan fingerprint density at radius 1 is 0.345 bits per heavy atom. The Morgan fingerprint density at radius 3 is 0.862 bits per heavy atom. The summed E-state index contributed by atoms with van der Waals surface area (Å²) in [4.78, 5) is 34.1. The fourth-order valence-corrected chi connectivity index (χ4v) is 7.24. The first-order chi connectivity index (χ1) is 28.5. The molecule has 58 heavy (non-hydrogen) atoms. The Hall–Kier alpha value is -1.95. The van der Waals surface area contributed by atoms with Crippen LogP contribution in [0.3, 0.4) is 0 Å². The van der Waals surface area contributed by atoms with Gasteiger partial charge in [0.15, 0.2) is 0 Å². The van der Waals surface area contributed by atoms with E-state index in [1.807, 2.05) is 0 Å². The van der Waals surface area contributed by atoms with Crippen molar-refractivity contribution < 1.29 is 29.3 Å². The van der Waals surface area contributed by atoms with Crippen LogP contribution in [0.1, 0.15) is 284 Å². The van der Waals surface area contributed by atoms with Crippen molar-refractivity contribution in [1.82, 2.24) is 0 Å². The predicted octanol–water partition coefficient (Wildman–Crippen LogP) is 16.7. The molecule has 0 aliphatic carbocycles. The van der Waals surface area contributed by atoms with E-state index in [-0.39, 0.29) is 11.9 Å². The van der Waals surface area contributed by atoms with Gasteiger partial charge < -0.3 is 14.9 Å². The van der Waals surface area contributed by atoms with E-state index in [0.29, 0.717) is 25.9 Å². The molecule has 6 heteroatoms. The standard InChI is InChI=1S/C34H64O4.C18H34O2/c1-2-3-4-5-6-7-8-9-10-12-15-18-21-24-27-30-33(36)38-34(37)31-28-25-22-19-16-13-11-14-17-20-23-26-29-32-35;1-2-3-4-5-6-7-8-9-10-11-12-13-14-15-16-17-18(19)20/h9-10,35H,2-8,11-32H2,1H3;9-10H,2-8,11-17H2,1H3,(H,19,20)/b2*10-9-. The van der Waals surface area contributed by atoms with Crippen LogP contribution in [0.2, 0.25) is 0 Å².